The first kappa shape index (κ1) is 36.1. The van der Waals surface area contributed by atoms with Gasteiger partial charge in [-0.25, -0.2) is 0 Å². The second kappa shape index (κ2) is 16.1. The summed E-state index contributed by atoms with van der Waals surface area (Å²) in [5.74, 6) is 0. The van der Waals surface area contributed by atoms with Crippen LogP contribution >= 0.6 is 11.6 Å². The minimum atomic E-state index is 0.189. The Bertz CT molecular complexity index is 2310. The average Bonchev–Trinajstić information content (AvgIpc) is 3.63. The molecule has 52 heavy (non-hydrogen) atoms. The summed E-state index contributed by atoms with van der Waals surface area (Å²) >= 11 is 6.31. The Morgan fingerprint density at radius 2 is 1.23 bits per heavy atom. The first-order valence-corrected chi connectivity index (χ1v) is 17.9. The van der Waals surface area contributed by atoms with Gasteiger partial charge in [0.25, 0.3) is 0 Å². The fourth-order valence-corrected chi connectivity index (χ4v) is 7.03. The molecule has 7 rings (SSSR count). The van der Waals surface area contributed by atoms with Crippen LogP contribution < -0.4 is 15.5 Å². The van der Waals surface area contributed by atoms with Gasteiger partial charge in [0, 0.05) is 58.9 Å². The van der Waals surface area contributed by atoms with Crippen LogP contribution in [-0.2, 0) is 13.1 Å². The molecule has 8 nitrogen and oxygen atoms in total. The smallest absolute Gasteiger partial charge is 0.0991 e. The molecule has 1 atom stereocenters. The predicted octanol–water partition coefficient (Wildman–Crippen LogP) is 9.29. The van der Waals surface area contributed by atoms with E-state index < -0.39 is 0 Å². The Balaban J connectivity index is 0.000000183. The zero-order valence-corrected chi connectivity index (χ0v) is 30.7. The number of anilines is 3. The van der Waals surface area contributed by atoms with E-state index in [1.54, 1.807) is 12.1 Å². The molecule has 6 aromatic rings. The van der Waals surface area contributed by atoms with E-state index in [4.69, 9.17) is 27.1 Å². The highest BCUT2D eigenvalue weighted by molar-refractivity contribution is 6.35. The van der Waals surface area contributed by atoms with E-state index in [1.807, 2.05) is 56.3 Å². The molecule has 2 aromatic heterocycles. The largest absolute Gasteiger partial charge is 0.394 e. The normalized spacial score (nSPS) is 13.7. The number of aliphatic hydroxyl groups excluding tert-OH is 1. The lowest BCUT2D eigenvalue weighted by molar-refractivity contribution is 0.266. The fraction of sp³-hybridized carbons (Fsp3) is 0.256. The molecule has 0 bridgehead atoms. The zero-order valence-electron chi connectivity index (χ0n) is 30.0. The van der Waals surface area contributed by atoms with Gasteiger partial charge in [0.1, 0.15) is 0 Å². The molecule has 0 unspecified atom stereocenters. The van der Waals surface area contributed by atoms with Crippen molar-refractivity contribution >= 4 is 50.5 Å². The first-order chi connectivity index (χ1) is 25.1. The van der Waals surface area contributed by atoms with Gasteiger partial charge in [-0.2, -0.15) is 10.5 Å². The van der Waals surface area contributed by atoms with Gasteiger partial charge in [-0.3, -0.25) is 9.97 Å². The van der Waals surface area contributed by atoms with Crippen LogP contribution in [0.3, 0.4) is 0 Å². The third kappa shape index (κ3) is 8.27. The van der Waals surface area contributed by atoms with E-state index >= 15 is 0 Å². The second-order valence-corrected chi connectivity index (χ2v) is 13.8. The number of fused-ring (bicyclic) bond motifs is 2. The quantitative estimate of drug-likeness (QED) is 0.143. The Morgan fingerprint density at radius 3 is 1.75 bits per heavy atom. The average molecular weight is 708 g/mol. The van der Waals surface area contributed by atoms with Crippen molar-refractivity contribution in [1.29, 1.82) is 10.5 Å². The number of halogens is 1. The maximum absolute atomic E-state index is 9.77. The lowest BCUT2D eigenvalue weighted by atomic mass is 10.0. The van der Waals surface area contributed by atoms with E-state index in [0.717, 1.165) is 69.0 Å². The van der Waals surface area contributed by atoms with Crippen molar-refractivity contribution in [2.24, 2.45) is 0 Å². The number of hydrogen-bond acceptors (Lipinski definition) is 8. The highest BCUT2D eigenvalue weighted by Crippen LogP contribution is 2.34. The van der Waals surface area contributed by atoms with Crippen LogP contribution in [-0.4, -0.2) is 34.3 Å². The molecule has 0 radical (unpaired) electrons. The Kier molecular flexibility index (Phi) is 11.2. The standard InChI is InChI=1S/C24H26N4O.C19H16ClN3/c1-16-10-22-23(12-19(16)14-26-20-7-5-18(13-25)6-8-20)27-17(2)11-24(22)28-9-3-4-21(28)15-29;1-12-7-17-18(20)8-13(2)23-19(17)9-15(12)11-22-16-5-3-14(10-21)4-6-16/h5-8,10-12,21,26,29H,3-4,9,14-15H2,1-2H3;3-9,22H,11H2,1-2H3/t21-;/m0./s1. The van der Waals surface area contributed by atoms with E-state index in [1.165, 1.54) is 27.9 Å². The number of hydrogen-bond donors (Lipinski definition) is 3. The molecular formula is C43H42ClN7O. The van der Waals surface area contributed by atoms with Crippen molar-refractivity contribution in [2.75, 3.05) is 28.7 Å². The molecule has 0 amide bonds. The summed E-state index contributed by atoms with van der Waals surface area (Å²) in [6, 6.07) is 32.0. The Morgan fingerprint density at radius 1 is 0.731 bits per heavy atom. The summed E-state index contributed by atoms with van der Waals surface area (Å²) in [5, 5.41) is 37.2. The number of nitriles is 2. The number of rotatable bonds is 8. The maximum atomic E-state index is 9.77. The van der Waals surface area contributed by atoms with Crippen LogP contribution in [0.1, 0.15) is 57.6 Å². The van der Waals surface area contributed by atoms with Gasteiger partial charge in [-0.1, -0.05) is 11.6 Å². The van der Waals surface area contributed by atoms with Crippen molar-refractivity contribution in [2.45, 2.75) is 59.7 Å². The summed E-state index contributed by atoms with van der Waals surface area (Å²) in [5.41, 5.74) is 13.0. The highest BCUT2D eigenvalue weighted by Gasteiger charge is 2.26. The number of pyridine rings is 2. The number of nitrogens with one attached hydrogen (secondary N) is 2. The highest BCUT2D eigenvalue weighted by atomic mass is 35.5. The lowest BCUT2D eigenvalue weighted by Gasteiger charge is -2.27. The molecule has 1 saturated heterocycles. The molecule has 3 heterocycles. The van der Waals surface area contributed by atoms with Gasteiger partial charge in [-0.05, 0) is 148 Å². The molecule has 0 saturated carbocycles. The summed E-state index contributed by atoms with van der Waals surface area (Å²) in [4.78, 5) is 11.7. The number of benzene rings is 4. The molecule has 0 aliphatic carbocycles. The molecule has 1 aliphatic rings. The molecule has 9 heteroatoms. The molecule has 1 aliphatic heterocycles. The lowest BCUT2D eigenvalue weighted by Crippen LogP contribution is -2.32. The topological polar surface area (TPSA) is 121 Å². The van der Waals surface area contributed by atoms with Gasteiger partial charge in [0.05, 0.1) is 52.0 Å². The van der Waals surface area contributed by atoms with Gasteiger partial charge in [0.2, 0.25) is 0 Å². The molecule has 1 fully saturated rings. The predicted molar refractivity (Wildman–Crippen MR) is 212 cm³/mol. The van der Waals surface area contributed by atoms with Crippen LogP contribution in [0.15, 0.2) is 84.9 Å². The first-order valence-electron chi connectivity index (χ1n) is 17.5. The molecule has 3 N–H and O–H groups in total. The number of nitrogens with zero attached hydrogens (tertiary/aromatic N) is 5. The monoisotopic (exact) mass is 707 g/mol. The Labute approximate surface area is 310 Å². The zero-order chi connectivity index (χ0) is 36.8. The third-order valence-corrected chi connectivity index (χ3v) is 9.92. The number of aryl methyl sites for hydroxylation is 4. The Hall–Kier alpha value is -5.67. The van der Waals surface area contributed by atoms with Crippen molar-refractivity contribution in [1.82, 2.24) is 9.97 Å². The van der Waals surface area contributed by atoms with E-state index in [2.05, 4.69) is 76.8 Å². The van der Waals surface area contributed by atoms with Gasteiger partial charge < -0.3 is 20.6 Å². The summed E-state index contributed by atoms with van der Waals surface area (Å²) in [6.45, 7) is 10.7. The maximum Gasteiger partial charge on any atom is 0.0991 e. The van der Waals surface area contributed by atoms with Crippen molar-refractivity contribution in [3.63, 3.8) is 0 Å². The minimum absolute atomic E-state index is 0.189. The summed E-state index contributed by atoms with van der Waals surface area (Å²) in [7, 11) is 0. The van der Waals surface area contributed by atoms with Gasteiger partial charge >= 0.3 is 0 Å². The van der Waals surface area contributed by atoms with Crippen molar-refractivity contribution in [3.05, 3.63) is 135 Å². The van der Waals surface area contributed by atoms with Crippen molar-refractivity contribution < 1.29 is 5.11 Å². The molecule has 262 valence electrons. The van der Waals surface area contributed by atoms with Gasteiger partial charge in [0.15, 0.2) is 0 Å². The second-order valence-electron chi connectivity index (χ2n) is 13.4. The SMILES string of the molecule is Cc1cc(Cl)c2cc(C)c(CNc3ccc(C#N)cc3)cc2n1.Cc1cc(N2CCC[C@H]2CO)c2cc(C)c(CNc3ccc(C#N)cc3)cc2n1. The fourth-order valence-electron chi connectivity index (χ4n) is 6.72. The van der Waals surface area contributed by atoms with E-state index in [-0.39, 0.29) is 12.6 Å². The number of aliphatic hydroxyl groups is 1. The van der Waals surface area contributed by atoms with Crippen LogP contribution in [0.2, 0.25) is 5.02 Å². The summed E-state index contributed by atoms with van der Waals surface area (Å²) < 4.78 is 0. The molecular weight excluding hydrogens is 666 g/mol. The van der Waals surface area contributed by atoms with Crippen LogP contribution in [0.4, 0.5) is 17.1 Å². The molecule has 4 aromatic carbocycles. The van der Waals surface area contributed by atoms with Crippen LogP contribution in [0.5, 0.6) is 0 Å². The van der Waals surface area contributed by atoms with E-state index in [9.17, 15) is 5.11 Å². The van der Waals surface area contributed by atoms with Crippen molar-refractivity contribution in [3.8, 4) is 12.1 Å². The third-order valence-electron chi connectivity index (χ3n) is 9.61. The molecule has 0 spiro atoms. The van der Waals surface area contributed by atoms with Crippen LogP contribution in [0.25, 0.3) is 21.8 Å². The van der Waals surface area contributed by atoms with Crippen LogP contribution in [0, 0.1) is 50.4 Å². The van der Waals surface area contributed by atoms with Gasteiger partial charge in [-0.15, -0.1) is 0 Å². The number of aromatic nitrogens is 2. The minimum Gasteiger partial charge on any atom is -0.394 e. The van der Waals surface area contributed by atoms with E-state index in [0.29, 0.717) is 24.2 Å². The summed E-state index contributed by atoms with van der Waals surface area (Å²) in [6.07, 6.45) is 2.14.